The Morgan fingerprint density at radius 2 is 1.80 bits per heavy atom. The first kappa shape index (κ1) is 19.2. The molecule has 30 heavy (non-hydrogen) atoms. The van der Waals surface area contributed by atoms with E-state index in [4.69, 9.17) is 14.2 Å². The van der Waals surface area contributed by atoms with Crippen LogP contribution in [0.15, 0.2) is 36.4 Å². The van der Waals surface area contributed by atoms with Gasteiger partial charge in [0.15, 0.2) is 11.5 Å². The third-order valence-electron chi connectivity index (χ3n) is 6.67. The molecule has 3 heterocycles. The largest absolute Gasteiger partial charge is 0.491 e. The highest BCUT2D eigenvalue weighted by atomic mass is 16.7. The molecule has 6 heteroatoms. The van der Waals surface area contributed by atoms with Gasteiger partial charge in [0.2, 0.25) is 12.7 Å². The van der Waals surface area contributed by atoms with Gasteiger partial charge < -0.3 is 24.4 Å². The molecule has 6 nitrogen and oxygen atoms in total. The first-order valence-corrected chi connectivity index (χ1v) is 10.7. The first-order valence-electron chi connectivity index (χ1n) is 10.7. The lowest BCUT2D eigenvalue weighted by molar-refractivity contribution is -0.122. The molecule has 1 N–H and O–H groups in total. The summed E-state index contributed by atoms with van der Waals surface area (Å²) in [6.45, 7) is 8.69. The number of anilines is 1. The molecule has 1 spiro atoms. The molecule has 0 aliphatic carbocycles. The smallest absolute Gasteiger partial charge is 0.245 e. The van der Waals surface area contributed by atoms with Gasteiger partial charge in [0.05, 0.1) is 0 Å². The number of nitrogens with one attached hydrogen (secondary N) is 1. The van der Waals surface area contributed by atoms with Gasteiger partial charge in [-0.25, -0.2) is 0 Å². The summed E-state index contributed by atoms with van der Waals surface area (Å²) < 4.78 is 17.1. The van der Waals surface area contributed by atoms with Gasteiger partial charge in [-0.3, -0.25) is 4.79 Å². The minimum absolute atomic E-state index is 0.0817. The van der Waals surface area contributed by atoms with Gasteiger partial charge in [-0.05, 0) is 43.5 Å². The Labute approximate surface area is 177 Å². The topological polar surface area (TPSA) is 60.0 Å². The van der Waals surface area contributed by atoms with Crippen LogP contribution in [0.3, 0.4) is 0 Å². The highest BCUT2D eigenvalue weighted by Gasteiger charge is 2.57. The van der Waals surface area contributed by atoms with Crippen molar-refractivity contribution < 1.29 is 19.0 Å². The van der Waals surface area contributed by atoms with Crippen molar-refractivity contribution in [3.8, 4) is 17.2 Å². The number of nitrogens with zero attached hydrogens (tertiary/aromatic N) is 1. The molecule has 0 saturated heterocycles. The van der Waals surface area contributed by atoms with Gasteiger partial charge in [-0.1, -0.05) is 32.0 Å². The van der Waals surface area contributed by atoms with E-state index in [1.807, 2.05) is 35.2 Å². The van der Waals surface area contributed by atoms with E-state index < -0.39 is 5.41 Å². The van der Waals surface area contributed by atoms with E-state index in [2.05, 4.69) is 32.2 Å². The van der Waals surface area contributed by atoms with Crippen molar-refractivity contribution in [2.24, 2.45) is 5.92 Å². The standard InChI is InChI=1S/C24H28N2O4/c1-15(2)16(3)25-9-6-10-26-19-8-5-4-7-17(19)24(23(26)27)13-28-20-12-22-21(11-18(20)24)29-14-30-22/h4-5,7-8,11-12,15-16,25H,6,9-10,13-14H2,1-3H3. The van der Waals surface area contributed by atoms with E-state index in [1.54, 1.807) is 0 Å². The van der Waals surface area contributed by atoms with Crippen molar-refractivity contribution in [1.29, 1.82) is 0 Å². The lowest BCUT2D eigenvalue weighted by atomic mass is 9.77. The first-order chi connectivity index (χ1) is 14.5. The molecule has 0 bridgehead atoms. The third kappa shape index (κ3) is 2.77. The fourth-order valence-electron chi connectivity index (χ4n) is 4.59. The zero-order valence-electron chi connectivity index (χ0n) is 17.7. The normalized spacial score (nSPS) is 21.9. The van der Waals surface area contributed by atoms with Crippen LogP contribution in [-0.4, -0.2) is 38.4 Å². The van der Waals surface area contributed by atoms with Crippen molar-refractivity contribution in [3.63, 3.8) is 0 Å². The van der Waals surface area contributed by atoms with Crippen LogP contribution >= 0.6 is 0 Å². The minimum Gasteiger partial charge on any atom is -0.491 e. The third-order valence-corrected chi connectivity index (χ3v) is 6.67. The molecule has 0 saturated carbocycles. The van der Waals surface area contributed by atoms with Gasteiger partial charge in [-0.15, -0.1) is 0 Å². The van der Waals surface area contributed by atoms with Crippen LogP contribution in [0.4, 0.5) is 5.69 Å². The molecular weight excluding hydrogens is 380 g/mol. The molecule has 2 aromatic rings. The molecule has 3 aliphatic heterocycles. The minimum atomic E-state index is -0.814. The van der Waals surface area contributed by atoms with Crippen molar-refractivity contribution >= 4 is 11.6 Å². The van der Waals surface area contributed by atoms with Crippen LogP contribution in [-0.2, 0) is 10.2 Å². The second kappa shape index (κ2) is 7.20. The molecule has 2 aromatic carbocycles. The summed E-state index contributed by atoms with van der Waals surface area (Å²) in [6, 6.07) is 12.3. The number of hydrogen-bond donors (Lipinski definition) is 1. The molecule has 2 unspecified atom stereocenters. The molecule has 1 amide bonds. The number of carbonyl (C=O) groups is 1. The number of ether oxygens (including phenoxy) is 3. The van der Waals surface area contributed by atoms with Crippen molar-refractivity contribution in [2.75, 3.05) is 31.4 Å². The monoisotopic (exact) mass is 408 g/mol. The van der Waals surface area contributed by atoms with Crippen molar-refractivity contribution in [2.45, 2.75) is 38.6 Å². The van der Waals surface area contributed by atoms with Crippen LogP contribution in [0.5, 0.6) is 17.2 Å². The highest BCUT2D eigenvalue weighted by molar-refractivity contribution is 6.11. The lowest BCUT2D eigenvalue weighted by Crippen LogP contribution is -2.43. The van der Waals surface area contributed by atoms with Crippen LogP contribution in [0.25, 0.3) is 0 Å². The molecule has 0 radical (unpaired) electrons. The summed E-state index contributed by atoms with van der Waals surface area (Å²) in [6.07, 6.45) is 0.891. The van der Waals surface area contributed by atoms with Gasteiger partial charge in [0, 0.05) is 29.9 Å². The summed E-state index contributed by atoms with van der Waals surface area (Å²) in [5.74, 6) is 2.72. The summed E-state index contributed by atoms with van der Waals surface area (Å²) in [4.78, 5) is 15.8. The van der Waals surface area contributed by atoms with E-state index in [1.165, 1.54) is 0 Å². The average molecular weight is 408 g/mol. The zero-order chi connectivity index (χ0) is 20.9. The van der Waals surface area contributed by atoms with E-state index in [-0.39, 0.29) is 12.7 Å². The summed E-state index contributed by atoms with van der Waals surface area (Å²) >= 11 is 0. The number of rotatable bonds is 6. The van der Waals surface area contributed by atoms with Crippen LogP contribution < -0.4 is 24.4 Å². The summed E-state index contributed by atoms with van der Waals surface area (Å²) in [7, 11) is 0. The maximum Gasteiger partial charge on any atom is 0.245 e. The Hall–Kier alpha value is -2.73. The molecule has 158 valence electrons. The Bertz CT molecular complexity index is 989. The SMILES string of the molecule is CC(C)C(C)NCCCN1C(=O)C2(COc3cc4c(cc32)OCO4)c2ccccc21. The summed E-state index contributed by atoms with van der Waals surface area (Å²) in [5, 5.41) is 3.56. The molecule has 5 rings (SSSR count). The number of carbonyl (C=O) groups excluding carboxylic acids is 1. The average Bonchev–Trinajstić information content (AvgIpc) is 3.41. The van der Waals surface area contributed by atoms with Gasteiger partial charge >= 0.3 is 0 Å². The predicted octanol–water partition coefficient (Wildman–Crippen LogP) is 3.46. The Morgan fingerprint density at radius 1 is 1.03 bits per heavy atom. The molecule has 2 atom stereocenters. The fourth-order valence-corrected chi connectivity index (χ4v) is 4.59. The van der Waals surface area contributed by atoms with Gasteiger partial charge in [0.25, 0.3) is 0 Å². The maximum atomic E-state index is 13.8. The van der Waals surface area contributed by atoms with Crippen molar-refractivity contribution in [1.82, 2.24) is 5.32 Å². The maximum absolute atomic E-state index is 13.8. The van der Waals surface area contributed by atoms with Crippen LogP contribution in [0, 0.1) is 5.92 Å². The van der Waals surface area contributed by atoms with E-state index in [0.29, 0.717) is 42.4 Å². The number of para-hydroxylation sites is 1. The molecule has 3 aliphatic rings. The molecule has 0 fully saturated rings. The quantitative estimate of drug-likeness (QED) is 0.742. The van der Waals surface area contributed by atoms with Crippen LogP contribution in [0.2, 0.25) is 0 Å². The highest BCUT2D eigenvalue weighted by Crippen LogP contribution is 2.54. The van der Waals surface area contributed by atoms with Gasteiger partial charge in [-0.2, -0.15) is 0 Å². The number of fused-ring (bicyclic) bond motifs is 5. The Kier molecular flexibility index (Phi) is 4.62. The predicted molar refractivity (Wildman–Crippen MR) is 115 cm³/mol. The van der Waals surface area contributed by atoms with E-state index in [0.717, 1.165) is 29.8 Å². The second-order valence-corrected chi connectivity index (χ2v) is 8.71. The molecule has 0 aromatic heterocycles. The van der Waals surface area contributed by atoms with Crippen molar-refractivity contribution in [3.05, 3.63) is 47.5 Å². The lowest BCUT2D eigenvalue weighted by Gasteiger charge is -2.24. The molecular formula is C24H28N2O4. The Morgan fingerprint density at radius 3 is 2.60 bits per heavy atom. The second-order valence-electron chi connectivity index (χ2n) is 8.71. The Balaban J connectivity index is 1.44. The number of benzene rings is 2. The van der Waals surface area contributed by atoms with E-state index >= 15 is 0 Å². The van der Waals surface area contributed by atoms with Crippen LogP contribution in [0.1, 0.15) is 38.3 Å². The number of amides is 1. The zero-order valence-corrected chi connectivity index (χ0v) is 17.7. The van der Waals surface area contributed by atoms with E-state index in [9.17, 15) is 4.79 Å². The summed E-state index contributed by atoms with van der Waals surface area (Å²) in [5.41, 5.74) is 2.05. The van der Waals surface area contributed by atoms with Gasteiger partial charge in [0.1, 0.15) is 17.8 Å². The fraction of sp³-hybridized carbons (Fsp3) is 0.458. The number of hydrogen-bond acceptors (Lipinski definition) is 5.